The molecule has 0 spiro atoms. The lowest BCUT2D eigenvalue weighted by atomic mass is 9.86. The van der Waals surface area contributed by atoms with Crippen LogP contribution in [0.25, 0.3) is 0 Å². The van der Waals surface area contributed by atoms with Crippen molar-refractivity contribution in [2.75, 3.05) is 20.3 Å². The van der Waals surface area contributed by atoms with Crippen molar-refractivity contribution in [1.82, 2.24) is 0 Å². The Hall–Kier alpha value is -1.71. The summed E-state index contributed by atoms with van der Waals surface area (Å²) in [5.41, 5.74) is 1.09. The van der Waals surface area contributed by atoms with Gasteiger partial charge in [-0.15, -0.1) is 0 Å². The molecule has 0 saturated heterocycles. The second-order valence-corrected chi connectivity index (χ2v) is 5.97. The third kappa shape index (κ3) is 5.66. The molecule has 0 N–H and O–H groups in total. The summed E-state index contributed by atoms with van der Waals surface area (Å²) in [6.07, 6.45) is 1.87. The highest BCUT2D eigenvalue weighted by Gasteiger charge is 2.19. The maximum atomic E-state index is 11.5. The predicted molar refractivity (Wildman–Crippen MR) is 83.1 cm³/mol. The van der Waals surface area contributed by atoms with Gasteiger partial charge in [-0.1, -0.05) is 40.2 Å². The Morgan fingerprint density at radius 3 is 2.52 bits per heavy atom. The number of hydrogen-bond donors (Lipinski definition) is 0. The van der Waals surface area contributed by atoms with Crippen molar-refractivity contribution in [2.45, 2.75) is 46.0 Å². The molecule has 0 aliphatic carbocycles. The molecule has 4 nitrogen and oxygen atoms in total. The Morgan fingerprint density at radius 2 is 1.95 bits per heavy atom. The molecular weight excluding hydrogens is 268 g/mol. The highest BCUT2D eigenvalue weighted by Crippen LogP contribution is 2.33. The average Bonchev–Trinajstić information content (AvgIpc) is 2.44. The fourth-order valence-corrected chi connectivity index (χ4v) is 1.90. The van der Waals surface area contributed by atoms with E-state index in [-0.39, 0.29) is 18.0 Å². The van der Waals surface area contributed by atoms with Gasteiger partial charge in [-0.05, 0) is 23.5 Å². The van der Waals surface area contributed by atoms with Crippen LogP contribution in [-0.4, -0.2) is 26.3 Å². The van der Waals surface area contributed by atoms with Crippen molar-refractivity contribution in [3.05, 3.63) is 23.8 Å². The summed E-state index contributed by atoms with van der Waals surface area (Å²) in [4.78, 5) is 11.5. The molecule has 0 aliphatic heterocycles. The Balaban J connectivity index is 2.63. The van der Waals surface area contributed by atoms with Crippen molar-refractivity contribution in [2.24, 2.45) is 0 Å². The summed E-state index contributed by atoms with van der Waals surface area (Å²) >= 11 is 0. The molecule has 1 aromatic carbocycles. The number of carbonyl (C=O) groups is 1. The van der Waals surface area contributed by atoms with Gasteiger partial charge in [0.2, 0.25) is 0 Å². The van der Waals surface area contributed by atoms with Crippen LogP contribution in [0.1, 0.15) is 46.1 Å². The lowest BCUT2D eigenvalue weighted by Gasteiger charge is -2.22. The van der Waals surface area contributed by atoms with Gasteiger partial charge in [0.1, 0.15) is 11.5 Å². The molecule has 4 heteroatoms. The van der Waals surface area contributed by atoms with Gasteiger partial charge in [0, 0.05) is 6.07 Å². The van der Waals surface area contributed by atoms with Gasteiger partial charge >= 0.3 is 5.97 Å². The summed E-state index contributed by atoms with van der Waals surface area (Å²) in [5, 5.41) is 0. The van der Waals surface area contributed by atoms with E-state index in [1.165, 1.54) is 0 Å². The summed E-state index contributed by atoms with van der Waals surface area (Å²) in [6.45, 7) is 8.78. The number of benzene rings is 1. The SMILES string of the molecule is CCCCOC(=O)COc1ccc(C(C)(C)C)c(OC)c1. The molecule has 1 rings (SSSR count). The largest absolute Gasteiger partial charge is 0.496 e. The molecule has 0 bridgehead atoms. The van der Waals surface area contributed by atoms with Gasteiger partial charge in [-0.2, -0.15) is 0 Å². The van der Waals surface area contributed by atoms with Crippen LogP contribution in [0.5, 0.6) is 11.5 Å². The van der Waals surface area contributed by atoms with Crippen molar-refractivity contribution in [3.63, 3.8) is 0 Å². The molecule has 0 radical (unpaired) electrons. The van der Waals surface area contributed by atoms with Crippen LogP contribution in [0.2, 0.25) is 0 Å². The molecule has 0 fully saturated rings. The molecule has 0 aliphatic rings. The Kier molecular flexibility index (Phi) is 6.53. The van der Waals surface area contributed by atoms with E-state index in [9.17, 15) is 4.79 Å². The number of methoxy groups -OCH3 is 1. The third-order valence-electron chi connectivity index (χ3n) is 3.10. The third-order valence-corrected chi connectivity index (χ3v) is 3.10. The van der Waals surface area contributed by atoms with E-state index in [0.29, 0.717) is 12.4 Å². The predicted octanol–water partition coefficient (Wildman–Crippen LogP) is 3.71. The van der Waals surface area contributed by atoms with Crippen LogP contribution in [0.4, 0.5) is 0 Å². The molecule has 0 amide bonds. The molecule has 0 aromatic heterocycles. The van der Waals surface area contributed by atoms with E-state index in [1.807, 2.05) is 19.1 Å². The first-order chi connectivity index (χ1) is 9.88. The molecule has 0 atom stereocenters. The minimum absolute atomic E-state index is 0.0110. The topological polar surface area (TPSA) is 44.8 Å². The van der Waals surface area contributed by atoms with Gasteiger partial charge in [-0.3, -0.25) is 0 Å². The van der Waals surface area contributed by atoms with Crippen molar-refractivity contribution in [1.29, 1.82) is 0 Å². The summed E-state index contributed by atoms with van der Waals surface area (Å²) < 4.78 is 15.9. The van der Waals surface area contributed by atoms with Crippen LogP contribution in [0.3, 0.4) is 0 Å². The minimum atomic E-state index is -0.345. The number of ether oxygens (including phenoxy) is 3. The molecule has 21 heavy (non-hydrogen) atoms. The fourth-order valence-electron chi connectivity index (χ4n) is 1.90. The number of hydrogen-bond acceptors (Lipinski definition) is 4. The van der Waals surface area contributed by atoms with E-state index in [1.54, 1.807) is 13.2 Å². The van der Waals surface area contributed by atoms with E-state index >= 15 is 0 Å². The van der Waals surface area contributed by atoms with Crippen LogP contribution in [0.15, 0.2) is 18.2 Å². The fraction of sp³-hybridized carbons (Fsp3) is 0.588. The minimum Gasteiger partial charge on any atom is -0.496 e. The Labute approximate surface area is 127 Å². The maximum absolute atomic E-state index is 11.5. The zero-order chi connectivity index (χ0) is 15.9. The Bertz CT molecular complexity index is 460. The van der Waals surface area contributed by atoms with Crippen molar-refractivity contribution >= 4 is 5.97 Å². The molecule has 118 valence electrons. The second-order valence-electron chi connectivity index (χ2n) is 5.97. The lowest BCUT2D eigenvalue weighted by Crippen LogP contribution is -2.16. The van der Waals surface area contributed by atoms with Crippen LogP contribution >= 0.6 is 0 Å². The summed E-state index contributed by atoms with van der Waals surface area (Å²) in [7, 11) is 1.63. The van der Waals surface area contributed by atoms with Crippen LogP contribution in [0, 0.1) is 0 Å². The number of esters is 1. The Morgan fingerprint density at radius 1 is 1.24 bits per heavy atom. The zero-order valence-electron chi connectivity index (χ0n) is 13.7. The molecule has 1 aromatic rings. The van der Waals surface area contributed by atoms with Gasteiger partial charge in [0.15, 0.2) is 6.61 Å². The van der Waals surface area contributed by atoms with Gasteiger partial charge in [0.25, 0.3) is 0 Å². The van der Waals surface area contributed by atoms with Gasteiger partial charge < -0.3 is 14.2 Å². The monoisotopic (exact) mass is 294 g/mol. The van der Waals surface area contributed by atoms with Crippen LogP contribution < -0.4 is 9.47 Å². The zero-order valence-corrected chi connectivity index (χ0v) is 13.7. The van der Waals surface area contributed by atoms with Gasteiger partial charge in [-0.25, -0.2) is 4.79 Å². The highest BCUT2D eigenvalue weighted by molar-refractivity contribution is 5.71. The van der Waals surface area contributed by atoms with E-state index in [0.717, 1.165) is 24.2 Å². The maximum Gasteiger partial charge on any atom is 0.344 e. The second kappa shape index (κ2) is 7.91. The molecule has 0 heterocycles. The lowest BCUT2D eigenvalue weighted by molar-refractivity contribution is -0.146. The first-order valence-corrected chi connectivity index (χ1v) is 7.35. The van der Waals surface area contributed by atoms with Crippen molar-refractivity contribution < 1.29 is 19.0 Å². The van der Waals surface area contributed by atoms with Crippen LogP contribution in [-0.2, 0) is 14.9 Å². The summed E-state index contributed by atoms with van der Waals surface area (Å²) in [5.74, 6) is 1.02. The summed E-state index contributed by atoms with van der Waals surface area (Å²) in [6, 6.07) is 5.62. The first-order valence-electron chi connectivity index (χ1n) is 7.35. The molecule has 0 unspecified atom stereocenters. The average molecular weight is 294 g/mol. The van der Waals surface area contributed by atoms with Crippen molar-refractivity contribution in [3.8, 4) is 11.5 Å². The quantitative estimate of drug-likeness (QED) is 0.568. The normalized spacial score (nSPS) is 11.1. The standard InChI is InChI=1S/C17H26O4/c1-6-7-10-20-16(18)12-21-13-8-9-14(17(2,3)4)15(11-13)19-5/h8-9,11H,6-7,10,12H2,1-5H3. The van der Waals surface area contributed by atoms with E-state index in [4.69, 9.17) is 14.2 Å². The van der Waals surface area contributed by atoms with E-state index < -0.39 is 0 Å². The molecule has 0 saturated carbocycles. The molecular formula is C17H26O4. The van der Waals surface area contributed by atoms with Gasteiger partial charge in [0.05, 0.1) is 13.7 Å². The van der Waals surface area contributed by atoms with E-state index in [2.05, 4.69) is 20.8 Å². The smallest absolute Gasteiger partial charge is 0.344 e. The highest BCUT2D eigenvalue weighted by atomic mass is 16.6. The first kappa shape index (κ1) is 17.3. The number of unbranched alkanes of at least 4 members (excludes halogenated alkanes) is 1. The number of rotatable bonds is 7. The number of carbonyl (C=O) groups excluding carboxylic acids is 1.